The van der Waals surface area contributed by atoms with Crippen molar-refractivity contribution in [3.8, 4) is 0 Å². The van der Waals surface area contributed by atoms with Gasteiger partial charge in [-0.25, -0.2) is 4.79 Å². The second kappa shape index (κ2) is 7.92. The molecule has 27 heavy (non-hydrogen) atoms. The van der Waals surface area contributed by atoms with Crippen LogP contribution in [0.1, 0.15) is 22.3 Å². The third-order valence-corrected chi connectivity index (χ3v) is 5.08. The van der Waals surface area contributed by atoms with Gasteiger partial charge in [0.05, 0.1) is 18.6 Å². The molecule has 2 aromatic carbocycles. The molecule has 0 spiro atoms. The predicted molar refractivity (Wildman–Crippen MR) is 106 cm³/mol. The highest BCUT2D eigenvalue weighted by Gasteiger charge is 2.35. The van der Waals surface area contributed by atoms with Gasteiger partial charge in [0.1, 0.15) is 0 Å². The average molecular weight is 431 g/mol. The monoisotopic (exact) mass is 430 g/mol. The topological polar surface area (TPSA) is 75.7 Å². The number of nitrogens with zero attached hydrogens (tertiary/aromatic N) is 1. The fourth-order valence-electron chi connectivity index (χ4n) is 2.99. The number of esters is 1. The van der Waals surface area contributed by atoms with Crippen molar-refractivity contribution in [1.82, 2.24) is 0 Å². The van der Waals surface area contributed by atoms with Crippen molar-refractivity contribution < 1.29 is 19.1 Å². The number of rotatable bonds is 4. The molecule has 140 valence electrons. The Morgan fingerprint density at radius 2 is 1.89 bits per heavy atom. The minimum absolute atomic E-state index is 0.0856. The Bertz CT molecular complexity index is 895. The number of hydrogen-bond donors (Lipinski definition) is 1. The molecule has 1 heterocycles. The maximum atomic E-state index is 12.7. The SMILES string of the molecule is COC(=O)c1ccc(C)c(NC(=O)C2CC(=O)N(c3ccc(Br)cc3)C2)c1. The number of hydrogen-bond acceptors (Lipinski definition) is 4. The lowest BCUT2D eigenvalue weighted by atomic mass is 10.1. The van der Waals surface area contributed by atoms with Crippen LogP contribution in [0, 0.1) is 12.8 Å². The number of halogens is 1. The smallest absolute Gasteiger partial charge is 0.337 e. The number of carbonyl (C=O) groups excluding carboxylic acids is 3. The number of methoxy groups -OCH3 is 1. The Kier molecular flexibility index (Phi) is 5.60. The zero-order valence-corrected chi connectivity index (χ0v) is 16.6. The molecule has 1 aliphatic rings. The highest BCUT2D eigenvalue weighted by molar-refractivity contribution is 9.10. The van der Waals surface area contributed by atoms with Crippen molar-refractivity contribution in [1.29, 1.82) is 0 Å². The number of benzene rings is 2. The Morgan fingerprint density at radius 1 is 1.19 bits per heavy atom. The van der Waals surface area contributed by atoms with Crippen molar-refractivity contribution in [3.63, 3.8) is 0 Å². The van der Waals surface area contributed by atoms with Crippen LogP contribution in [0.25, 0.3) is 0 Å². The molecule has 1 aliphatic heterocycles. The lowest BCUT2D eigenvalue weighted by Crippen LogP contribution is -2.28. The fraction of sp³-hybridized carbons (Fsp3) is 0.250. The minimum atomic E-state index is -0.469. The third kappa shape index (κ3) is 4.19. The van der Waals surface area contributed by atoms with E-state index < -0.39 is 11.9 Å². The highest BCUT2D eigenvalue weighted by Crippen LogP contribution is 2.28. The molecule has 1 fully saturated rings. The molecule has 1 saturated heterocycles. The van der Waals surface area contributed by atoms with E-state index in [1.54, 1.807) is 23.1 Å². The van der Waals surface area contributed by atoms with Gasteiger partial charge in [0.15, 0.2) is 0 Å². The van der Waals surface area contributed by atoms with Gasteiger partial charge in [0, 0.05) is 28.8 Å². The van der Waals surface area contributed by atoms with Crippen LogP contribution in [-0.2, 0) is 14.3 Å². The zero-order chi connectivity index (χ0) is 19.6. The zero-order valence-electron chi connectivity index (χ0n) is 15.0. The molecule has 0 aliphatic carbocycles. The molecule has 6 nitrogen and oxygen atoms in total. The molecule has 1 N–H and O–H groups in total. The van der Waals surface area contributed by atoms with Crippen LogP contribution in [0.15, 0.2) is 46.9 Å². The van der Waals surface area contributed by atoms with Crippen LogP contribution in [0.4, 0.5) is 11.4 Å². The number of aryl methyl sites for hydroxylation is 1. The first-order valence-electron chi connectivity index (χ1n) is 8.45. The van der Waals surface area contributed by atoms with E-state index in [9.17, 15) is 14.4 Å². The summed E-state index contributed by atoms with van der Waals surface area (Å²) >= 11 is 3.37. The number of anilines is 2. The normalized spacial score (nSPS) is 16.3. The van der Waals surface area contributed by atoms with Crippen LogP contribution < -0.4 is 10.2 Å². The quantitative estimate of drug-likeness (QED) is 0.752. The second-order valence-corrected chi connectivity index (χ2v) is 7.31. The summed E-state index contributed by atoms with van der Waals surface area (Å²) in [6.45, 7) is 2.16. The molecule has 0 aromatic heterocycles. The van der Waals surface area contributed by atoms with Crippen LogP contribution in [0.3, 0.4) is 0 Å². The largest absolute Gasteiger partial charge is 0.465 e. The van der Waals surface area contributed by atoms with E-state index in [1.165, 1.54) is 7.11 Å². The Balaban J connectivity index is 1.73. The fourth-order valence-corrected chi connectivity index (χ4v) is 3.25. The standard InChI is InChI=1S/C20H19BrN2O4/c1-12-3-4-13(20(26)27-2)9-17(12)22-19(25)14-10-18(24)23(11-14)16-7-5-15(21)6-8-16/h3-9,14H,10-11H2,1-2H3,(H,22,25). The van der Waals surface area contributed by atoms with Gasteiger partial charge in [-0.2, -0.15) is 0 Å². The summed E-state index contributed by atoms with van der Waals surface area (Å²) in [7, 11) is 1.31. The van der Waals surface area contributed by atoms with Crippen LogP contribution >= 0.6 is 15.9 Å². The molecule has 0 bridgehead atoms. The average Bonchev–Trinajstić information content (AvgIpc) is 3.05. The van der Waals surface area contributed by atoms with Gasteiger partial charge >= 0.3 is 5.97 Å². The molecule has 3 rings (SSSR count). The van der Waals surface area contributed by atoms with Crippen molar-refractivity contribution in [2.45, 2.75) is 13.3 Å². The summed E-state index contributed by atoms with van der Waals surface area (Å²) < 4.78 is 5.64. The number of nitrogens with one attached hydrogen (secondary N) is 1. The summed E-state index contributed by atoms with van der Waals surface area (Å²) in [5.41, 5.74) is 2.49. The molecule has 0 radical (unpaired) electrons. The first kappa shape index (κ1) is 19.1. The summed E-state index contributed by atoms with van der Waals surface area (Å²) in [5, 5.41) is 2.84. The Hall–Kier alpha value is -2.67. The van der Waals surface area contributed by atoms with Gasteiger partial charge < -0.3 is 15.0 Å². The van der Waals surface area contributed by atoms with Crippen LogP contribution in [-0.4, -0.2) is 31.4 Å². The first-order valence-corrected chi connectivity index (χ1v) is 9.24. The predicted octanol–water partition coefficient (Wildman–Crippen LogP) is 3.54. The summed E-state index contributed by atoms with van der Waals surface area (Å²) in [6, 6.07) is 12.4. The molecule has 1 atom stereocenters. The van der Waals surface area contributed by atoms with Gasteiger partial charge in [-0.1, -0.05) is 22.0 Å². The highest BCUT2D eigenvalue weighted by atomic mass is 79.9. The lowest BCUT2D eigenvalue weighted by Gasteiger charge is -2.17. The van der Waals surface area contributed by atoms with Crippen LogP contribution in [0.2, 0.25) is 0 Å². The van der Waals surface area contributed by atoms with Gasteiger partial charge in [-0.15, -0.1) is 0 Å². The van der Waals surface area contributed by atoms with Gasteiger partial charge in [-0.05, 0) is 48.9 Å². The van der Waals surface area contributed by atoms with E-state index in [0.29, 0.717) is 17.8 Å². The molecule has 1 unspecified atom stereocenters. The number of carbonyl (C=O) groups is 3. The van der Waals surface area contributed by atoms with Gasteiger partial charge in [-0.3, -0.25) is 9.59 Å². The molecule has 2 amide bonds. The third-order valence-electron chi connectivity index (χ3n) is 4.55. The van der Waals surface area contributed by atoms with Crippen molar-refractivity contribution in [2.24, 2.45) is 5.92 Å². The van der Waals surface area contributed by atoms with Crippen molar-refractivity contribution in [3.05, 3.63) is 58.1 Å². The van der Waals surface area contributed by atoms with Gasteiger partial charge in [0.25, 0.3) is 0 Å². The molecule has 7 heteroatoms. The lowest BCUT2D eigenvalue weighted by molar-refractivity contribution is -0.122. The maximum Gasteiger partial charge on any atom is 0.337 e. The molecular weight excluding hydrogens is 412 g/mol. The van der Waals surface area contributed by atoms with E-state index in [2.05, 4.69) is 21.2 Å². The summed E-state index contributed by atoms with van der Waals surface area (Å²) in [5.74, 6) is -1.25. The molecule has 2 aromatic rings. The molecular formula is C20H19BrN2O4. The Morgan fingerprint density at radius 3 is 2.56 bits per heavy atom. The van der Waals surface area contributed by atoms with E-state index in [4.69, 9.17) is 4.74 Å². The van der Waals surface area contributed by atoms with E-state index in [0.717, 1.165) is 15.7 Å². The minimum Gasteiger partial charge on any atom is -0.465 e. The second-order valence-electron chi connectivity index (χ2n) is 6.39. The molecule has 0 saturated carbocycles. The van der Waals surface area contributed by atoms with Crippen LogP contribution in [0.5, 0.6) is 0 Å². The summed E-state index contributed by atoms with van der Waals surface area (Å²) in [6.07, 6.45) is 0.150. The maximum absolute atomic E-state index is 12.7. The number of amides is 2. The van der Waals surface area contributed by atoms with Crippen molar-refractivity contribution >= 4 is 45.1 Å². The van der Waals surface area contributed by atoms with Crippen molar-refractivity contribution in [2.75, 3.05) is 23.9 Å². The van der Waals surface area contributed by atoms with E-state index >= 15 is 0 Å². The van der Waals surface area contributed by atoms with E-state index in [-0.39, 0.29) is 18.2 Å². The Labute approximate surface area is 165 Å². The van der Waals surface area contributed by atoms with E-state index in [1.807, 2.05) is 31.2 Å². The summed E-state index contributed by atoms with van der Waals surface area (Å²) in [4.78, 5) is 38.3. The number of ether oxygens (including phenoxy) is 1. The van der Waals surface area contributed by atoms with Gasteiger partial charge in [0.2, 0.25) is 11.8 Å². The first-order chi connectivity index (χ1) is 12.9.